The van der Waals surface area contributed by atoms with Gasteiger partial charge in [-0.15, -0.1) is 11.3 Å². The number of thiophene rings is 1. The van der Waals surface area contributed by atoms with Gasteiger partial charge in [0.2, 0.25) is 5.91 Å². The summed E-state index contributed by atoms with van der Waals surface area (Å²) in [5, 5.41) is 6.20. The number of hydrogen-bond donors (Lipinski definition) is 2. The Morgan fingerprint density at radius 2 is 2.15 bits per heavy atom. The van der Waals surface area contributed by atoms with E-state index in [1.807, 2.05) is 0 Å². The van der Waals surface area contributed by atoms with E-state index in [0.717, 1.165) is 17.8 Å². The molecule has 1 amide bonds. The molecule has 2 N–H and O–H groups in total. The molecule has 3 heterocycles. The third kappa shape index (κ3) is 1.93. The molecule has 1 fully saturated rings. The number of carbonyl (C=O) groups excluding carboxylic acids is 1. The highest BCUT2D eigenvalue weighted by atomic mass is 32.1. The molecule has 1 aliphatic rings. The van der Waals surface area contributed by atoms with Gasteiger partial charge in [-0.2, -0.15) is 0 Å². The summed E-state index contributed by atoms with van der Waals surface area (Å²) in [7, 11) is 0. The Labute approximate surface area is 120 Å². The van der Waals surface area contributed by atoms with Crippen LogP contribution in [0, 0.1) is 0 Å². The maximum absolute atomic E-state index is 11.3. The fourth-order valence-electron chi connectivity index (χ4n) is 2.81. The van der Waals surface area contributed by atoms with Gasteiger partial charge in [-0.05, 0) is 35.2 Å². The van der Waals surface area contributed by atoms with Gasteiger partial charge in [0, 0.05) is 29.8 Å². The van der Waals surface area contributed by atoms with Crippen molar-refractivity contribution in [1.82, 2.24) is 10.3 Å². The van der Waals surface area contributed by atoms with E-state index in [0.29, 0.717) is 12.3 Å². The Hall–Kier alpha value is -2.07. The van der Waals surface area contributed by atoms with Crippen LogP contribution in [0.25, 0.3) is 21.5 Å². The van der Waals surface area contributed by atoms with Gasteiger partial charge in [0.25, 0.3) is 0 Å². The number of hydrogen-bond acceptors (Lipinski definition) is 2. The van der Waals surface area contributed by atoms with Crippen LogP contribution in [0.5, 0.6) is 0 Å². The normalized spacial score (nSPS) is 18.6. The molecule has 0 bridgehead atoms. The zero-order valence-electron chi connectivity index (χ0n) is 10.8. The Kier molecular flexibility index (Phi) is 2.63. The monoisotopic (exact) mass is 282 g/mol. The number of benzene rings is 1. The number of fused-ring (bicyclic) bond motifs is 1. The van der Waals surface area contributed by atoms with Crippen LogP contribution >= 0.6 is 11.3 Å². The van der Waals surface area contributed by atoms with Gasteiger partial charge in [0.15, 0.2) is 0 Å². The Morgan fingerprint density at radius 3 is 2.90 bits per heavy atom. The van der Waals surface area contributed by atoms with Crippen molar-refractivity contribution in [1.29, 1.82) is 0 Å². The number of rotatable bonds is 2. The molecule has 3 aromatic rings. The lowest BCUT2D eigenvalue weighted by molar-refractivity contribution is -0.119. The quantitative estimate of drug-likeness (QED) is 0.742. The van der Waals surface area contributed by atoms with Crippen LogP contribution in [0.15, 0.2) is 41.8 Å². The number of aromatic amines is 1. The van der Waals surface area contributed by atoms with Crippen molar-refractivity contribution >= 4 is 28.1 Å². The second-order valence-electron chi connectivity index (χ2n) is 5.21. The van der Waals surface area contributed by atoms with Crippen molar-refractivity contribution in [2.75, 3.05) is 6.54 Å². The van der Waals surface area contributed by atoms with Gasteiger partial charge in [0.05, 0.1) is 10.6 Å². The maximum atomic E-state index is 11.3. The maximum Gasteiger partial charge on any atom is 0.220 e. The van der Waals surface area contributed by atoms with Crippen molar-refractivity contribution < 1.29 is 4.79 Å². The topological polar surface area (TPSA) is 44.9 Å². The number of amides is 1. The van der Waals surface area contributed by atoms with E-state index in [9.17, 15) is 4.79 Å². The average Bonchev–Trinajstić information content (AvgIpc) is 3.17. The number of aromatic nitrogens is 1. The second kappa shape index (κ2) is 4.49. The van der Waals surface area contributed by atoms with Crippen LogP contribution in [0.4, 0.5) is 0 Å². The fraction of sp³-hybridized carbons (Fsp3) is 0.188. The fourth-order valence-corrected chi connectivity index (χ4v) is 3.51. The first kappa shape index (κ1) is 11.7. The van der Waals surface area contributed by atoms with Gasteiger partial charge in [-0.3, -0.25) is 4.79 Å². The van der Waals surface area contributed by atoms with Crippen molar-refractivity contribution in [3.05, 3.63) is 47.3 Å². The summed E-state index contributed by atoms with van der Waals surface area (Å²) >= 11 is 1.74. The molecular formula is C16H14N2OS. The van der Waals surface area contributed by atoms with E-state index in [-0.39, 0.29) is 5.91 Å². The van der Waals surface area contributed by atoms with E-state index in [1.54, 1.807) is 11.3 Å². The lowest BCUT2D eigenvalue weighted by atomic mass is 9.97. The summed E-state index contributed by atoms with van der Waals surface area (Å²) in [5.41, 5.74) is 3.55. The molecule has 4 heteroatoms. The van der Waals surface area contributed by atoms with Gasteiger partial charge in [-0.1, -0.05) is 12.1 Å². The molecule has 1 atom stereocenters. The Balaban J connectivity index is 1.74. The minimum absolute atomic E-state index is 0.156. The molecule has 3 nitrogen and oxygen atoms in total. The Morgan fingerprint density at radius 1 is 1.20 bits per heavy atom. The zero-order valence-corrected chi connectivity index (χ0v) is 11.7. The van der Waals surface area contributed by atoms with Gasteiger partial charge in [-0.25, -0.2) is 0 Å². The van der Waals surface area contributed by atoms with Gasteiger partial charge >= 0.3 is 0 Å². The van der Waals surface area contributed by atoms with Crippen LogP contribution in [0.3, 0.4) is 0 Å². The lowest BCUT2D eigenvalue weighted by Gasteiger charge is -2.07. The molecule has 1 aliphatic heterocycles. The van der Waals surface area contributed by atoms with Crippen molar-refractivity contribution in [2.45, 2.75) is 12.3 Å². The summed E-state index contributed by atoms with van der Waals surface area (Å²) in [6, 6.07) is 12.8. The molecule has 100 valence electrons. The first-order valence-corrected chi connectivity index (χ1v) is 7.61. The molecule has 1 aromatic carbocycles. The summed E-state index contributed by atoms with van der Waals surface area (Å²) < 4.78 is 0. The first-order chi connectivity index (χ1) is 9.79. The number of H-pyrrole nitrogens is 1. The third-order valence-corrected chi connectivity index (χ3v) is 4.78. The number of carbonyl (C=O) groups is 1. The standard InChI is InChI=1S/C16H14N2OS/c19-16-8-12(9-17-16)10-3-4-13-11(6-10)7-14(18-13)15-2-1-5-20-15/h1-7,12,18H,8-9H2,(H,17,19). The van der Waals surface area contributed by atoms with Crippen LogP contribution in [-0.2, 0) is 4.79 Å². The van der Waals surface area contributed by atoms with Gasteiger partial charge in [0.1, 0.15) is 0 Å². The highest BCUT2D eigenvalue weighted by molar-refractivity contribution is 7.13. The molecule has 0 radical (unpaired) electrons. The summed E-state index contributed by atoms with van der Waals surface area (Å²) in [6.45, 7) is 0.756. The molecule has 2 aromatic heterocycles. The Bertz CT molecular complexity index is 773. The summed E-state index contributed by atoms with van der Waals surface area (Å²) in [4.78, 5) is 16.0. The SMILES string of the molecule is O=C1CC(c2ccc3[nH]c(-c4cccs4)cc3c2)CN1. The highest BCUT2D eigenvalue weighted by Crippen LogP contribution is 2.30. The molecule has 20 heavy (non-hydrogen) atoms. The van der Waals surface area contributed by atoms with Crippen LogP contribution in [-0.4, -0.2) is 17.4 Å². The van der Waals surface area contributed by atoms with E-state index in [1.165, 1.54) is 15.8 Å². The second-order valence-corrected chi connectivity index (χ2v) is 6.16. The van der Waals surface area contributed by atoms with Crippen LogP contribution in [0.2, 0.25) is 0 Å². The largest absolute Gasteiger partial charge is 0.355 e. The van der Waals surface area contributed by atoms with Crippen molar-refractivity contribution in [2.24, 2.45) is 0 Å². The van der Waals surface area contributed by atoms with Crippen LogP contribution < -0.4 is 5.32 Å². The summed E-state index contributed by atoms with van der Waals surface area (Å²) in [6.07, 6.45) is 0.605. The summed E-state index contributed by atoms with van der Waals surface area (Å²) in [5.74, 6) is 0.468. The molecule has 4 rings (SSSR count). The van der Waals surface area contributed by atoms with E-state index in [4.69, 9.17) is 0 Å². The minimum Gasteiger partial charge on any atom is -0.355 e. The van der Waals surface area contributed by atoms with Crippen molar-refractivity contribution in [3.63, 3.8) is 0 Å². The minimum atomic E-state index is 0.156. The highest BCUT2D eigenvalue weighted by Gasteiger charge is 2.23. The van der Waals surface area contributed by atoms with Gasteiger partial charge < -0.3 is 10.3 Å². The molecule has 0 spiro atoms. The first-order valence-electron chi connectivity index (χ1n) is 6.73. The van der Waals surface area contributed by atoms with Crippen molar-refractivity contribution in [3.8, 4) is 10.6 Å². The molecule has 1 unspecified atom stereocenters. The number of nitrogens with one attached hydrogen (secondary N) is 2. The predicted molar refractivity (Wildman–Crippen MR) is 82.0 cm³/mol. The average molecular weight is 282 g/mol. The molecule has 0 saturated carbocycles. The molecule has 1 saturated heterocycles. The predicted octanol–water partition coefficient (Wildman–Crippen LogP) is 3.50. The zero-order chi connectivity index (χ0) is 13.5. The van der Waals surface area contributed by atoms with E-state index < -0.39 is 0 Å². The van der Waals surface area contributed by atoms with E-state index >= 15 is 0 Å². The van der Waals surface area contributed by atoms with E-state index in [2.05, 4.69) is 52.1 Å². The molecule has 0 aliphatic carbocycles. The lowest BCUT2D eigenvalue weighted by Crippen LogP contribution is -2.13. The third-order valence-electron chi connectivity index (χ3n) is 3.88. The molecular weight excluding hydrogens is 268 g/mol. The smallest absolute Gasteiger partial charge is 0.220 e. The van der Waals surface area contributed by atoms with Crippen LogP contribution in [0.1, 0.15) is 17.9 Å².